The van der Waals surface area contributed by atoms with Crippen molar-refractivity contribution in [3.8, 4) is 27.6 Å². The van der Waals surface area contributed by atoms with E-state index in [0.717, 1.165) is 33.3 Å². The molecule has 0 saturated carbocycles. The molecule has 0 fully saturated rings. The zero-order chi connectivity index (χ0) is 13.9. The molecule has 1 heterocycles. The molecule has 4 heteroatoms. The predicted octanol–water partition coefficient (Wildman–Crippen LogP) is 4.07. The molecule has 0 aliphatic carbocycles. The molecule has 0 saturated heterocycles. The molecule has 1 aromatic heterocycles. The van der Waals surface area contributed by atoms with Gasteiger partial charge in [0.05, 0.1) is 18.4 Å². The minimum Gasteiger partial charge on any atom is -0.496 e. The lowest BCUT2D eigenvalue weighted by molar-refractivity contribution is 0.416. The van der Waals surface area contributed by atoms with Gasteiger partial charge in [0.2, 0.25) is 0 Å². The highest BCUT2D eigenvalue weighted by Crippen LogP contribution is 2.34. The fourth-order valence-electron chi connectivity index (χ4n) is 2.01. The maximum Gasteiger partial charge on any atom is 0.129 e. The Kier molecular flexibility index (Phi) is 3.39. The van der Waals surface area contributed by atoms with E-state index >= 15 is 0 Å². The van der Waals surface area contributed by atoms with Crippen molar-refractivity contribution in [3.63, 3.8) is 0 Å². The molecular weight excluding hydrogens is 268 g/mol. The van der Waals surface area contributed by atoms with Gasteiger partial charge in [0.1, 0.15) is 10.8 Å². The van der Waals surface area contributed by atoms with Crippen molar-refractivity contribution in [1.29, 1.82) is 0 Å². The smallest absolute Gasteiger partial charge is 0.129 e. The van der Waals surface area contributed by atoms with Crippen LogP contribution in [-0.4, -0.2) is 12.1 Å². The van der Waals surface area contributed by atoms with Gasteiger partial charge < -0.3 is 10.5 Å². The second-order valence-electron chi connectivity index (χ2n) is 4.36. The first kappa shape index (κ1) is 12.7. The number of nitrogens with two attached hydrogens (primary N) is 1. The number of nitrogen functional groups attached to an aromatic ring is 1. The first-order valence-electron chi connectivity index (χ1n) is 6.23. The fraction of sp³-hybridized carbons (Fsp3) is 0.0625. The summed E-state index contributed by atoms with van der Waals surface area (Å²) in [5.41, 5.74) is 9.50. The lowest BCUT2D eigenvalue weighted by Crippen LogP contribution is -1.87. The number of hydrogen-bond donors (Lipinski definition) is 1. The van der Waals surface area contributed by atoms with Gasteiger partial charge in [0, 0.05) is 16.6 Å². The number of para-hydroxylation sites is 1. The van der Waals surface area contributed by atoms with Crippen molar-refractivity contribution in [2.24, 2.45) is 0 Å². The van der Waals surface area contributed by atoms with E-state index in [0.29, 0.717) is 0 Å². The van der Waals surface area contributed by atoms with E-state index in [1.54, 1.807) is 18.4 Å². The second-order valence-corrected chi connectivity index (χ2v) is 5.22. The van der Waals surface area contributed by atoms with Crippen molar-refractivity contribution in [2.75, 3.05) is 12.8 Å². The molecule has 0 atom stereocenters. The Bertz CT molecular complexity index is 719. The first-order valence-corrected chi connectivity index (χ1v) is 7.11. The average molecular weight is 282 g/mol. The van der Waals surface area contributed by atoms with Crippen molar-refractivity contribution >= 4 is 17.0 Å². The van der Waals surface area contributed by atoms with E-state index in [-0.39, 0.29) is 0 Å². The third-order valence-corrected chi connectivity index (χ3v) is 3.92. The summed E-state index contributed by atoms with van der Waals surface area (Å²) in [5, 5.41) is 3.00. The van der Waals surface area contributed by atoms with Crippen LogP contribution in [0.4, 0.5) is 5.69 Å². The predicted molar refractivity (Wildman–Crippen MR) is 84.0 cm³/mol. The van der Waals surface area contributed by atoms with Crippen LogP contribution in [0.1, 0.15) is 0 Å². The third-order valence-electron chi connectivity index (χ3n) is 3.05. The van der Waals surface area contributed by atoms with Crippen molar-refractivity contribution in [2.45, 2.75) is 0 Å². The molecule has 0 unspecified atom stereocenters. The fourth-order valence-corrected chi connectivity index (χ4v) is 2.86. The van der Waals surface area contributed by atoms with Gasteiger partial charge >= 0.3 is 0 Å². The Balaban J connectivity index is 2.00. The molecule has 3 rings (SSSR count). The Labute approximate surface area is 121 Å². The molecule has 0 spiro atoms. The highest BCUT2D eigenvalue weighted by atomic mass is 32.1. The summed E-state index contributed by atoms with van der Waals surface area (Å²) in [5.74, 6) is 0.839. The number of nitrogens with zero attached hydrogens (tertiary/aromatic N) is 1. The van der Waals surface area contributed by atoms with Crippen LogP contribution >= 0.6 is 11.3 Å². The monoisotopic (exact) mass is 282 g/mol. The van der Waals surface area contributed by atoms with Gasteiger partial charge in [0.25, 0.3) is 0 Å². The third kappa shape index (κ3) is 2.38. The van der Waals surface area contributed by atoms with Gasteiger partial charge in [-0.25, -0.2) is 4.98 Å². The van der Waals surface area contributed by atoms with Gasteiger partial charge in [-0.3, -0.25) is 0 Å². The lowest BCUT2D eigenvalue weighted by Gasteiger charge is -2.04. The van der Waals surface area contributed by atoms with Crippen molar-refractivity contribution in [1.82, 2.24) is 4.98 Å². The molecule has 0 aliphatic heterocycles. The average Bonchev–Trinajstić information content (AvgIpc) is 2.97. The van der Waals surface area contributed by atoms with Crippen molar-refractivity contribution in [3.05, 3.63) is 53.9 Å². The minimum absolute atomic E-state index is 0.758. The first-order chi connectivity index (χ1) is 9.78. The van der Waals surface area contributed by atoms with Crippen LogP contribution in [-0.2, 0) is 0 Å². The summed E-state index contributed by atoms with van der Waals surface area (Å²) in [6, 6.07) is 15.6. The summed E-state index contributed by atoms with van der Waals surface area (Å²) in [4.78, 5) is 4.69. The standard InChI is InChI=1S/C16H14N2OS/c1-19-15-5-3-2-4-13(15)16-18-14(10-20-16)11-6-8-12(17)9-7-11/h2-10H,17H2,1H3. The Morgan fingerprint density at radius 3 is 2.55 bits per heavy atom. The maximum atomic E-state index is 5.70. The van der Waals surface area contributed by atoms with Crippen LogP contribution in [0.3, 0.4) is 0 Å². The number of anilines is 1. The van der Waals surface area contributed by atoms with E-state index in [2.05, 4.69) is 4.98 Å². The number of aromatic nitrogens is 1. The molecule has 0 bridgehead atoms. The van der Waals surface area contributed by atoms with E-state index in [1.165, 1.54) is 0 Å². The number of thiazole rings is 1. The SMILES string of the molecule is COc1ccccc1-c1nc(-c2ccc(N)cc2)cs1. The summed E-state index contributed by atoms with van der Waals surface area (Å²) < 4.78 is 5.38. The Morgan fingerprint density at radius 1 is 1.05 bits per heavy atom. The topological polar surface area (TPSA) is 48.1 Å². The van der Waals surface area contributed by atoms with Crippen LogP contribution < -0.4 is 10.5 Å². The molecule has 0 aliphatic rings. The zero-order valence-electron chi connectivity index (χ0n) is 11.0. The largest absolute Gasteiger partial charge is 0.496 e. The molecule has 2 N–H and O–H groups in total. The highest BCUT2D eigenvalue weighted by molar-refractivity contribution is 7.13. The van der Waals surface area contributed by atoms with Crippen molar-refractivity contribution < 1.29 is 4.74 Å². The minimum atomic E-state index is 0.758. The number of rotatable bonds is 3. The lowest BCUT2D eigenvalue weighted by atomic mass is 10.1. The van der Waals surface area contributed by atoms with Gasteiger partial charge in [-0.05, 0) is 24.3 Å². The zero-order valence-corrected chi connectivity index (χ0v) is 11.9. The summed E-state index contributed by atoms with van der Waals surface area (Å²) in [6.07, 6.45) is 0. The van der Waals surface area contributed by atoms with E-state index in [1.807, 2.05) is 53.9 Å². The number of hydrogen-bond acceptors (Lipinski definition) is 4. The molecular formula is C16H14N2OS. The van der Waals surface area contributed by atoms with Crippen LogP contribution in [0.2, 0.25) is 0 Å². The van der Waals surface area contributed by atoms with Gasteiger partial charge in [-0.15, -0.1) is 11.3 Å². The number of ether oxygens (including phenoxy) is 1. The molecule has 3 nitrogen and oxygen atoms in total. The Hall–Kier alpha value is -2.33. The number of benzene rings is 2. The normalized spacial score (nSPS) is 10.4. The summed E-state index contributed by atoms with van der Waals surface area (Å²) >= 11 is 1.61. The van der Waals surface area contributed by atoms with Gasteiger partial charge in [0.15, 0.2) is 0 Å². The molecule has 2 aromatic carbocycles. The van der Waals surface area contributed by atoms with Gasteiger partial charge in [-0.1, -0.05) is 24.3 Å². The van der Waals surface area contributed by atoms with Crippen LogP contribution in [0.15, 0.2) is 53.9 Å². The van der Waals surface area contributed by atoms with Crippen LogP contribution in [0.25, 0.3) is 21.8 Å². The quantitative estimate of drug-likeness (QED) is 0.737. The number of methoxy groups -OCH3 is 1. The molecule has 0 radical (unpaired) electrons. The molecule has 3 aromatic rings. The van der Waals surface area contributed by atoms with E-state index in [4.69, 9.17) is 10.5 Å². The van der Waals surface area contributed by atoms with Crippen LogP contribution in [0, 0.1) is 0 Å². The second kappa shape index (κ2) is 5.35. The Morgan fingerprint density at radius 2 is 1.80 bits per heavy atom. The molecule has 0 amide bonds. The summed E-state index contributed by atoms with van der Waals surface area (Å²) in [6.45, 7) is 0. The van der Waals surface area contributed by atoms with Crippen LogP contribution in [0.5, 0.6) is 5.75 Å². The maximum absolute atomic E-state index is 5.70. The molecule has 100 valence electrons. The highest BCUT2D eigenvalue weighted by Gasteiger charge is 2.10. The summed E-state index contributed by atoms with van der Waals surface area (Å²) in [7, 11) is 1.67. The van der Waals surface area contributed by atoms with Gasteiger partial charge in [-0.2, -0.15) is 0 Å². The van der Waals surface area contributed by atoms with E-state index in [9.17, 15) is 0 Å². The van der Waals surface area contributed by atoms with E-state index < -0.39 is 0 Å². The molecule has 20 heavy (non-hydrogen) atoms.